The number of non-ortho nitro benzene ring substituents is 1. The van der Waals surface area contributed by atoms with E-state index in [0.717, 1.165) is 12.1 Å². The Hall–Kier alpha value is -1.68. The quantitative estimate of drug-likeness (QED) is 0.470. The van der Waals surface area contributed by atoms with Crippen LogP contribution < -0.4 is 0 Å². The molecule has 16 heavy (non-hydrogen) atoms. The normalized spacial score (nSPS) is 13.9. The number of hydrogen-bond donors (Lipinski definition) is 2. The van der Waals surface area contributed by atoms with Gasteiger partial charge in [-0.3, -0.25) is 10.1 Å². The highest BCUT2D eigenvalue weighted by Crippen LogP contribution is 2.28. The molecule has 2 unspecified atom stereocenters. The van der Waals surface area contributed by atoms with Crippen LogP contribution in [0.15, 0.2) is 18.2 Å². The number of aliphatic hydroxyl groups is 2. The molecular weight excluding hydrogens is 236 g/mol. The average Bonchev–Trinajstić information content (AvgIpc) is 2.26. The Morgan fingerprint density at radius 2 is 2.12 bits per heavy atom. The van der Waals surface area contributed by atoms with Gasteiger partial charge in [0.1, 0.15) is 6.10 Å². The van der Waals surface area contributed by atoms with E-state index in [4.69, 9.17) is 22.0 Å². The van der Waals surface area contributed by atoms with Crippen molar-refractivity contribution in [2.45, 2.75) is 12.2 Å². The van der Waals surface area contributed by atoms with Gasteiger partial charge in [0.05, 0.1) is 16.0 Å². The molecule has 0 spiro atoms. The van der Waals surface area contributed by atoms with Gasteiger partial charge in [0.15, 0.2) is 6.10 Å². The maximum atomic E-state index is 10.4. The molecule has 0 radical (unpaired) electrons. The Kier molecular flexibility index (Phi) is 3.79. The van der Waals surface area contributed by atoms with E-state index in [1.807, 2.05) is 0 Å². The molecule has 7 heteroatoms. The van der Waals surface area contributed by atoms with Crippen molar-refractivity contribution >= 4 is 17.3 Å². The van der Waals surface area contributed by atoms with E-state index in [9.17, 15) is 15.2 Å². The van der Waals surface area contributed by atoms with Crippen LogP contribution in [0.5, 0.6) is 0 Å². The van der Waals surface area contributed by atoms with Crippen LogP contribution in [0.4, 0.5) is 5.69 Å². The molecule has 2 atom stereocenters. The molecule has 84 valence electrons. The molecule has 1 aromatic carbocycles. The van der Waals surface area contributed by atoms with Crippen LogP contribution in [0.1, 0.15) is 11.7 Å². The van der Waals surface area contributed by atoms with Crippen molar-refractivity contribution in [3.8, 4) is 6.07 Å². The van der Waals surface area contributed by atoms with Crippen LogP contribution in [0.3, 0.4) is 0 Å². The van der Waals surface area contributed by atoms with E-state index in [2.05, 4.69) is 0 Å². The van der Waals surface area contributed by atoms with Gasteiger partial charge in [0, 0.05) is 17.7 Å². The van der Waals surface area contributed by atoms with Crippen molar-refractivity contribution in [1.29, 1.82) is 5.26 Å². The molecule has 0 aliphatic heterocycles. The highest BCUT2D eigenvalue weighted by molar-refractivity contribution is 6.31. The SMILES string of the molecule is N#CC(O)C(O)c1ccc([N+](=O)[O-])cc1Cl. The molecule has 0 saturated heterocycles. The van der Waals surface area contributed by atoms with E-state index < -0.39 is 17.1 Å². The van der Waals surface area contributed by atoms with Crippen molar-refractivity contribution in [3.63, 3.8) is 0 Å². The van der Waals surface area contributed by atoms with Gasteiger partial charge < -0.3 is 10.2 Å². The number of nitriles is 1. The summed E-state index contributed by atoms with van der Waals surface area (Å²) < 4.78 is 0. The van der Waals surface area contributed by atoms with Gasteiger partial charge >= 0.3 is 0 Å². The molecular formula is C9H7ClN2O4. The summed E-state index contributed by atoms with van der Waals surface area (Å²) in [4.78, 5) is 9.77. The standard InChI is InChI=1S/C9H7ClN2O4/c10-7-3-5(12(15)16)1-2-6(7)9(14)8(13)4-11/h1-3,8-9,13-14H. The molecule has 0 fully saturated rings. The van der Waals surface area contributed by atoms with Gasteiger partial charge in [-0.15, -0.1) is 0 Å². The Morgan fingerprint density at radius 1 is 1.50 bits per heavy atom. The summed E-state index contributed by atoms with van der Waals surface area (Å²) in [5.41, 5.74) is -0.159. The van der Waals surface area contributed by atoms with E-state index in [1.165, 1.54) is 12.1 Å². The van der Waals surface area contributed by atoms with Crippen LogP contribution in [0.2, 0.25) is 5.02 Å². The number of nitrogens with zero attached hydrogens (tertiary/aromatic N) is 2. The molecule has 6 nitrogen and oxygen atoms in total. The molecule has 0 heterocycles. The number of nitro benzene ring substituents is 1. The van der Waals surface area contributed by atoms with Gasteiger partial charge in [-0.05, 0) is 6.07 Å². The number of rotatable bonds is 3. The highest BCUT2D eigenvalue weighted by atomic mass is 35.5. The van der Waals surface area contributed by atoms with Crippen LogP contribution in [0.25, 0.3) is 0 Å². The average molecular weight is 243 g/mol. The number of aliphatic hydroxyl groups excluding tert-OH is 2. The monoisotopic (exact) mass is 242 g/mol. The summed E-state index contributed by atoms with van der Waals surface area (Å²) in [5.74, 6) is 0. The topological polar surface area (TPSA) is 107 Å². The first-order chi connectivity index (χ1) is 7.47. The fourth-order valence-corrected chi connectivity index (χ4v) is 1.40. The lowest BCUT2D eigenvalue weighted by molar-refractivity contribution is -0.384. The van der Waals surface area contributed by atoms with Crippen LogP contribution in [0, 0.1) is 21.4 Å². The number of nitro groups is 1. The van der Waals surface area contributed by atoms with Crippen molar-refractivity contribution in [3.05, 3.63) is 38.9 Å². The van der Waals surface area contributed by atoms with E-state index >= 15 is 0 Å². The van der Waals surface area contributed by atoms with Gasteiger partial charge in [-0.1, -0.05) is 11.6 Å². The first-order valence-electron chi connectivity index (χ1n) is 4.17. The van der Waals surface area contributed by atoms with Crippen LogP contribution in [-0.2, 0) is 0 Å². The number of benzene rings is 1. The molecule has 0 aliphatic carbocycles. The molecule has 1 aromatic rings. The first-order valence-corrected chi connectivity index (χ1v) is 4.54. The maximum absolute atomic E-state index is 10.4. The van der Waals surface area contributed by atoms with Gasteiger partial charge in [-0.25, -0.2) is 0 Å². The Morgan fingerprint density at radius 3 is 2.56 bits per heavy atom. The third-order valence-corrected chi connectivity index (χ3v) is 2.27. The Labute approximate surface area is 95.5 Å². The number of halogens is 1. The summed E-state index contributed by atoms with van der Waals surface area (Å²) in [5, 5.41) is 37.3. The van der Waals surface area contributed by atoms with Gasteiger partial charge in [0.2, 0.25) is 0 Å². The highest BCUT2D eigenvalue weighted by Gasteiger charge is 2.21. The van der Waals surface area contributed by atoms with Gasteiger partial charge in [-0.2, -0.15) is 5.26 Å². The maximum Gasteiger partial charge on any atom is 0.270 e. The van der Waals surface area contributed by atoms with Crippen molar-refractivity contribution in [2.24, 2.45) is 0 Å². The van der Waals surface area contributed by atoms with E-state index in [0.29, 0.717) is 0 Å². The van der Waals surface area contributed by atoms with Crippen LogP contribution in [-0.4, -0.2) is 21.2 Å². The summed E-state index contributed by atoms with van der Waals surface area (Å²) in [6.45, 7) is 0. The molecule has 1 rings (SSSR count). The number of hydrogen-bond acceptors (Lipinski definition) is 5. The van der Waals surface area contributed by atoms with Gasteiger partial charge in [0.25, 0.3) is 5.69 Å². The predicted molar refractivity (Wildman–Crippen MR) is 54.7 cm³/mol. The molecule has 0 bridgehead atoms. The fourth-order valence-electron chi connectivity index (χ4n) is 1.11. The lowest BCUT2D eigenvalue weighted by Gasteiger charge is -2.13. The molecule has 0 amide bonds. The van der Waals surface area contributed by atoms with E-state index in [1.54, 1.807) is 0 Å². The largest absolute Gasteiger partial charge is 0.384 e. The molecule has 0 aliphatic rings. The van der Waals surface area contributed by atoms with Crippen molar-refractivity contribution in [1.82, 2.24) is 0 Å². The minimum Gasteiger partial charge on any atom is -0.384 e. The summed E-state index contributed by atoms with van der Waals surface area (Å²) in [6.07, 6.45) is -3.11. The first kappa shape index (κ1) is 12.4. The predicted octanol–water partition coefficient (Wildman–Crippen LogP) is 1.17. The minimum atomic E-state index is -1.63. The zero-order chi connectivity index (χ0) is 12.3. The molecule has 0 saturated carbocycles. The fraction of sp³-hybridized carbons (Fsp3) is 0.222. The molecule has 0 aromatic heterocycles. The lowest BCUT2D eigenvalue weighted by Crippen LogP contribution is -2.16. The van der Waals surface area contributed by atoms with Crippen molar-refractivity contribution < 1.29 is 15.1 Å². The van der Waals surface area contributed by atoms with Crippen LogP contribution >= 0.6 is 11.6 Å². The van der Waals surface area contributed by atoms with Crippen molar-refractivity contribution in [2.75, 3.05) is 0 Å². The minimum absolute atomic E-state index is 0.0707. The smallest absolute Gasteiger partial charge is 0.270 e. The second kappa shape index (κ2) is 4.90. The second-order valence-electron chi connectivity index (χ2n) is 2.98. The summed E-state index contributed by atoms with van der Waals surface area (Å²) >= 11 is 5.68. The summed E-state index contributed by atoms with van der Waals surface area (Å²) in [6, 6.07) is 4.82. The summed E-state index contributed by atoms with van der Waals surface area (Å²) in [7, 11) is 0. The lowest BCUT2D eigenvalue weighted by atomic mass is 10.0. The Bertz CT molecular complexity index is 457. The zero-order valence-electron chi connectivity index (χ0n) is 7.87. The zero-order valence-corrected chi connectivity index (χ0v) is 8.63. The third kappa shape index (κ3) is 2.46. The third-order valence-electron chi connectivity index (χ3n) is 1.94. The second-order valence-corrected chi connectivity index (χ2v) is 3.39. The van der Waals surface area contributed by atoms with E-state index in [-0.39, 0.29) is 16.3 Å². The molecule has 2 N–H and O–H groups in total. The Balaban J connectivity index is 3.09.